The molecule has 0 amide bonds. The maximum absolute atomic E-state index is 13.6. The van der Waals surface area contributed by atoms with Crippen molar-refractivity contribution in [1.29, 1.82) is 0 Å². The summed E-state index contributed by atoms with van der Waals surface area (Å²) in [6, 6.07) is 2.21. The van der Waals surface area contributed by atoms with Crippen LogP contribution in [0.5, 0.6) is 0 Å². The van der Waals surface area contributed by atoms with E-state index in [1.807, 2.05) is 0 Å². The third-order valence-electron chi connectivity index (χ3n) is 3.42. The van der Waals surface area contributed by atoms with E-state index in [1.165, 1.54) is 6.07 Å². The Morgan fingerprint density at radius 2 is 2.17 bits per heavy atom. The van der Waals surface area contributed by atoms with E-state index in [9.17, 15) is 13.9 Å². The average molecular weight is 256 g/mol. The van der Waals surface area contributed by atoms with Gasteiger partial charge in [-0.05, 0) is 44.2 Å². The van der Waals surface area contributed by atoms with Crippen molar-refractivity contribution in [1.82, 2.24) is 0 Å². The molecule has 1 aromatic carbocycles. The molecule has 100 valence electrons. The first-order chi connectivity index (χ1) is 8.58. The summed E-state index contributed by atoms with van der Waals surface area (Å²) in [5, 5.41) is 9.96. The number of halogens is 2. The van der Waals surface area contributed by atoms with Gasteiger partial charge in [-0.2, -0.15) is 0 Å². The van der Waals surface area contributed by atoms with Crippen molar-refractivity contribution in [2.24, 2.45) is 0 Å². The molecule has 1 aliphatic heterocycles. The second-order valence-corrected chi connectivity index (χ2v) is 4.85. The molecule has 2 unspecified atom stereocenters. The number of aliphatic hydroxyl groups excluding tert-OH is 1. The lowest BCUT2D eigenvalue weighted by Crippen LogP contribution is -2.09. The molecular formula is C14H18F2O2. The van der Waals surface area contributed by atoms with Crippen LogP contribution < -0.4 is 0 Å². The number of rotatable bonds is 4. The topological polar surface area (TPSA) is 29.5 Å². The Morgan fingerprint density at radius 1 is 1.39 bits per heavy atom. The van der Waals surface area contributed by atoms with Gasteiger partial charge < -0.3 is 9.84 Å². The molecule has 2 atom stereocenters. The fraction of sp³-hybridized carbons (Fsp3) is 0.571. The predicted molar refractivity (Wildman–Crippen MR) is 64.3 cm³/mol. The highest BCUT2D eigenvalue weighted by Gasteiger charge is 2.20. The Labute approximate surface area is 106 Å². The minimum atomic E-state index is -0.895. The highest BCUT2D eigenvalue weighted by molar-refractivity contribution is 5.27. The summed E-state index contributed by atoms with van der Waals surface area (Å²) in [6.45, 7) is 2.33. The quantitative estimate of drug-likeness (QED) is 0.896. The van der Waals surface area contributed by atoms with Crippen molar-refractivity contribution in [2.45, 2.75) is 44.8 Å². The van der Waals surface area contributed by atoms with Crippen LogP contribution in [-0.2, 0) is 4.74 Å². The first kappa shape index (κ1) is 13.4. The third kappa shape index (κ3) is 3.06. The molecule has 1 aliphatic rings. The predicted octanol–water partition coefficient (Wildman–Crippen LogP) is 3.27. The van der Waals surface area contributed by atoms with Gasteiger partial charge in [0.1, 0.15) is 11.6 Å². The van der Waals surface area contributed by atoms with Gasteiger partial charge in [-0.15, -0.1) is 0 Å². The first-order valence-corrected chi connectivity index (χ1v) is 6.33. The summed E-state index contributed by atoms with van der Waals surface area (Å²) >= 11 is 0. The highest BCUT2D eigenvalue weighted by Crippen LogP contribution is 2.27. The molecule has 18 heavy (non-hydrogen) atoms. The fourth-order valence-electron chi connectivity index (χ4n) is 2.31. The Morgan fingerprint density at radius 3 is 2.83 bits per heavy atom. The molecule has 1 heterocycles. The van der Waals surface area contributed by atoms with Gasteiger partial charge in [-0.1, -0.05) is 0 Å². The van der Waals surface area contributed by atoms with Gasteiger partial charge in [0, 0.05) is 18.2 Å². The van der Waals surface area contributed by atoms with Crippen LogP contribution in [0, 0.1) is 18.6 Å². The molecule has 0 bridgehead atoms. The monoisotopic (exact) mass is 256 g/mol. The normalized spacial score (nSPS) is 21.2. The van der Waals surface area contributed by atoms with Crippen LogP contribution in [0.15, 0.2) is 12.1 Å². The van der Waals surface area contributed by atoms with Crippen LogP contribution in [0.1, 0.15) is 42.9 Å². The average Bonchev–Trinajstić information content (AvgIpc) is 2.84. The molecule has 0 saturated carbocycles. The molecule has 0 spiro atoms. The smallest absolute Gasteiger partial charge is 0.131 e. The summed E-state index contributed by atoms with van der Waals surface area (Å²) in [7, 11) is 0. The lowest BCUT2D eigenvalue weighted by Gasteiger charge is -2.15. The van der Waals surface area contributed by atoms with Crippen molar-refractivity contribution in [3.63, 3.8) is 0 Å². The van der Waals surface area contributed by atoms with E-state index in [2.05, 4.69) is 0 Å². The van der Waals surface area contributed by atoms with Crippen LogP contribution in [0.3, 0.4) is 0 Å². The van der Waals surface area contributed by atoms with E-state index < -0.39 is 17.7 Å². The van der Waals surface area contributed by atoms with Crippen LogP contribution in [-0.4, -0.2) is 17.8 Å². The zero-order valence-corrected chi connectivity index (χ0v) is 10.5. The highest BCUT2D eigenvalue weighted by atomic mass is 19.1. The second kappa shape index (κ2) is 5.76. The molecule has 0 aliphatic carbocycles. The molecular weight excluding hydrogens is 238 g/mol. The van der Waals surface area contributed by atoms with E-state index in [1.54, 1.807) is 6.92 Å². The van der Waals surface area contributed by atoms with Crippen LogP contribution in [0.25, 0.3) is 0 Å². The summed E-state index contributed by atoms with van der Waals surface area (Å²) < 4.78 is 32.1. The number of ether oxygens (including phenoxy) is 1. The molecule has 2 rings (SSSR count). The third-order valence-corrected chi connectivity index (χ3v) is 3.42. The Balaban J connectivity index is 1.99. The van der Waals surface area contributed by atoms with Crippen LogP contribution in [0.4, 0.5) is 8.78 Å². The first-order valence-electron chi connectivity index (χ1n) is 6.33. The fourth-order valence-corrected chi connectivity index (χ4v) is 2.31. The Hall–Kier alpha value is -1.00. The van der Waals surface area contributed by atoms with Crippen molar-refractivity contribution >= 4 is 0 Å². The second-order valence-electron chi connectivity index (χ2n) is 4.85. The van der Waals surface area contributed by atoms with E-state index >= 15 is 0 Å². The van der Waals surface area contributed by atoms with Crippen LogP contribution in [0.2, 0.25) is 0 Å². The zero-order chi connectivity index (χ0) is 13.1. The van der Waals surface area contributed by atoms with Crippen LogP contribution >= 0.6 is 0 Å². The number of aryl methyl sites for hydroxylation is 1. The summed E-state index contributed by atoms with van der Waals surface area (Å²) in [4.78, 5) is 0. The summed E-state index contributed by atoms with van der Waals surface area (Å²) in [5.41, 5.74) is 0.523. The lowest BCUT2D eigenvalue weighted by molar-refractivity contribution is 0.0802. The molecule has 1 aromatic rings. The molecule has 0 radical (unpaired) electrons. The summed E-state index contributed by atoms with van der Waals surface area (Å²) in [5.74, 6) is -1.26. The van der Waals surface area contributed by atoms with Crippen molar-refractivity contribution in [2.75, 3.05) is 6.61 Å². The standard InChI is InChI=1S/C14H18F2O2/c1-9-7-11(13(16)8-12(9)15)14(17)5-4-10-3-2-6-18-10/h7-8,10,14,17H,2-6H2,1H3. The Kier molecular flexibility index (Phi) is 4.30. The zero-order valence-electron chi connectivity index (χ0n) is 10.5. The minimum Gasteiger partial charge on any atom is -0.388 e. The van der Waals surface area contributed by atoms with E-state index in [-0.39, 0.29) is 11.7 Å². The van der Waals surface area contributed by atoms with Gasteiger partial charge in [0.15, 0.2) is 0 Å². The molecule has 1 fully saturated rings. The van der Waals surface area contributed by atoms with Gasteiger partial charge in [0.25, 0.3) is 0 Å². The minimum absolute atomic E-state index is 0.171. The van der Waals surface area contributed by atoms with E-state index in [0.717, 1.165) is 25.5 Å². The van der Waals surface area contributed by atoms with Gasteiger partial charge in [-0.25, -0.2) is 8.78 Å². The lowest BCUT2D eigenvalue weighted by atomic mass is 9.99. The molecule has 0 aromatic heterocycles. The largest absolute Gasteiger partial charge is 0.388 e. The van der Waals surface area contributed by atoms with Gasteiger partial charge in [0.2, 0.25) is 0 Å². The molecule has 1 saturated heterocycles. The maximum atomic E-state index is 13.6. The van der Waals surface area contributed by atoms with E-state index in [0.29, 0.717) is 18.4 Å². The van der Waals surface area contributed by atoms with E-state index in [4.69, 9.17) is 4.74 Å². The maximum Gasteiger partial charge on any atom is 0.131 e. The number of hydrogen-bond donors (Lipinski definition) is 1. The number of hydrogen-bond acceptors (Lipinski definition) is 2. The Bertz CT molecular complexity index is 415. The van der Waals surface area contributed by atoms with Crippen molar-refractivity contribution in [3.05, 3.63) is 34.9 Å². The van der Waals surface area contributed by atoms with Crippen molar-refractivity contribution < 1.29 is 18.6 Å². The summed E-state index contributed by atoms with van der Waals surface area (Å²) in [6.07, 6.45) is 2.46. The number of benzene rings is 1. The molecule has 2 nitrogen and oxygen atoms in total. The number of aliphatic hydroxyl groups is 1. The van der Waals surface area contributed by atoms with Gasteiger partial charge in [0.05, 0.1) is 12.2 Å². The molecule has 1 N–H and O–H groups in total. The SMILES string of the molecule is Cc1cc(C(O)CCC2CCCO2)c(F)cc1F. The molecule has 4 heteroatoms. The van der Waals surface area contributed by atoms with Gasteiger partial charge in [-0.3, -0.25) is 0 Å². The van der Waals surface area contributed by atoms with Gasteiger partial charge >= 0.3 is 0 Å². The van der Waals surface area contributed by atoms with Crippen molar-refractivity contribution in [3.8, 4) is 0 Å².